The van der Waals surface area contributed by atoms with E-state index in [0.717, 1.165) is 0 Å². The van der Waals surface area contributed by atoms with Crippen molar-refractivity contribution in [2.24, 2.45) is 5.41 Å². The van der Waals surface area contributed by atoms with Crippen molar-refractivity contribution in [2.75, 3.05) is 6.61 Å². The van der Waals surface area contributed by atoms with Crippen LogP contribution >= 0.6 is 0 Å². The number of ether oxygens (including phenoxy) is 2. The van der Waals surface area contributed by atoms with Crippen molar-refractivity contribution in [3.8, 4) is 0 Å². The summed E-state index contributed by atoms with van der Waals surface area (Å²) in [5.74, 6) is -0.208. The van der Waals surface area contributed by atoms with Gasteiger partial charge in [-0.15, -0.1) is 0 Å². The first-order valence-corrected chi connectivity index (χ1v) is 8.11. The monoisotopic (exact) mass is 315 g/mol. The number of hydroxylamine groups is 2. The van der Waals surface area contributed by atoms with Crippen molar-refractivity contribution in [1.29, 1.82) is 0 Å². The Hall–Kier alpha value is -0.650. The molecule has 1 saturated heterocycles. The lowest BCUT2D eigenvalue weighted by atomic mass is 9.77. The van der Waals surface area contributed by atoms with Crippen LogP contribution in [0.3, 0.4) is 0 Å². The minimum Gasteiger partial charge on any atom is -0.459 e. The smallest absolute Gasteiger partial charge is 0.306 e. The SMILES string of the molecule is CCOC1C(OC(=O)CC(C)(C)C)CC(C)(C)N(O)C1(C)C. The average Bonchev–Trinajstić information content (AvgIpc) is 2.29. The number of piperidine rings is 1. The summed E-state index contributed by atoms with van der Waals surface area (Å²) < 4.78 is 11.6. The molecule has 0 aromatic rings. The lowest BCUT2D eigenvalue weighted by molar-refractivity contribution is -0.299. The van der Waals surface area contributed by atoms with E-state index in [2.05, 4.69) is 0 Å². The lowest BCUT2D eigenvalue weighted by Crippen LogP contribution is -2.69. The molecule has 0 amide bonds. The highest BCUT2D eigenvalue weighted by Gasteiger charge is 2.54. The van der Waals surface area contributed by atoms with Gasteiger partial charge in [0, 0.05) is 18.6 Å². The van der Waals surface area contributed by atoms with Gasteiger partial charge in [-0.3, -0.25) is 4.79 Å². The molecule has 2 atom stereocenters. The summed E-state index contributed by atoms with van der Waals surface area (Å²) in [5.41, 5.74) is -1.23. The van der Waals surface area contributed by atoms with E-state index in [-0.39, 0.29) is 23.6 Å². The molecule has 1 fully saturated rings. The molecule has 1 heterocycles. The van der Waals surface area contributed by atoms with E-state index in [1.807, 2.05) is 55.4 Å². The fourth-order valence-electron chi connectivity index (χ4n) is 3.28. The summed E-state index contributed by atoms with van der Waals surface area (Å²) >= 11 is 0. The lowest BCUT2D eigenvalue weighted by Gasteiger charge is -2.54. The number of carbonyl (C=O) groups excluding carboxylic acids is 1. The highest BCUT2D eigenvalue weighted by molar-refractivity contribution is 5.70. The highest BCUT2D eigenvalue weighted by atomic mass is 16.6. The van der Waals surface area contributed by atoms with Crippen molar-refractivity contribution in [1.82, 2.24) is 5.06 Å². The zero-order valence-electron chi connectivity index (χ0n) is 15.4. The highest BCUT2D eigenvalue weighted by Crippen LogP contribution is 2.40. The Morgan fingerprint density at radius 3 is 2.27 bits per heavy atom. The van der Waals surface area contributed by atoms with Crippen LogP contribution in [0.25, 0.3) is 0 Å². The zero-order valence-corrected chi connectivity index (χ0v) is 15.4. The van der Waals surface area contributed by atoms with Gasteiger partial charge in [0.2, 0.25) is 0 Å². The molecule has 130 valence electrons. The molecule has 0 saturated carbocycles. The molecule has 0 aliphatic carbocycles. The topological polar surface area (TPSA) is 59.0 Å². The van der Waals surface area contributed by atoms with Gasteiger partial charge in [0.15, 0.2) is 0 Å². The number of carbonyl (C=O) groups is 1. The number of hydrogen-bond acceptors (Lipinski definition) is 5. The normalized spacial score (nSPS) is 28.4. The standard InChI is InChI=1S/C17H33NO4/c1-9-21-14-12(22-13(19)11-15(2,3)4)10-16(5,6)18(20)17(14,7)8/h12,14,20H,9-11H2,1-8H3. The van der Waals surface area contributed by atoms with Gasteiger partial charge < -0.3 is 14.7 Å². The second kappa shape index (κ2) is 6.46. The van der Waals surface area contributed by atoms with Crippen LogP contribution in [0.5, 0.6) is 0 Å². The molecule has 5 nitrogen and oxygen atoms in total. The van der Waals surface area contributed by atoms with Crippen LogP contribution in [-0.2, 0) is 14.3 Å². The number of esters is 1. The maximum Gasteiger partial charge on any atom is 0.306 e. The predicted molar refractivity (Wildman–Crippen MR) is 85.8 cm³/mol. The van der Waals surface area contributed by atoms with Gasteiger partial charge in [-0.25, -0.2) is 0 Å². The van der Waals surface area contributed by atoms with Gasteiger partial charge in [0.25, 0.3) is 0 Å². The molecular formula is C17H33NO4. The Morgan fingerprint density at radius 2 is 1.82 bits per heavy atom. The molecule has 5 heteroatoms. The number of hydrogen-bond donors (Lipinski definition) is 1. The molecule has 1 N–H and O–H groups in total. The molecule has 1 rings (SSSR count). The molecule has 0 spiro atoms. The van der Waals surface area contributed by atoms with Crippen LogP contribution < -0.4 is 0 Å². The molecule has 22 heavy (non-hydrogen) atoms. The second-order valence-corrected chi connectivity index (χ2v) is 8.62. The Labute approximate surface area is 134 Å². The first-order chi connectivity index (χ1) is 9.81. The Morgan fingerprint density at radius 1 is 1.27 bits per heavy atom. The van der Waals surface area contributed by atoms with Gasteiger partial charge in [0.1, 0.15) is 12.2 Å². The summed E-state index contributed by atoms with van der Waals surface area (Å²) in [7, 11) is 0. The third-order valence-electron chi connectivity index (χ3n) is 4.16. The fourth-order valence-corrected chi connectivity index (χ4v) is 3.28. The van der Waals surface area contributed by atoms with E-state index in [9.17, 15) is 10.0 Å². The maximum absolute atomic E-state index is 12.2. The van der Waals surface area contributed by atoms with Crippen LogP contribution in [-0.4, -0.2) is 46.1 Å². The van der Waals surface area contributed by atoms with Crippen LogP contribution in [0.15, 0.2) is 0 Å². The van der Waals surface area contributed by atoms with E-state index in [0.29, 0.717) is 19.4 Å². The van der Waals surface area contributed by atoms with Crippen molar-refractivity contribution in [3.63, 3.8) is 0 Å². The Bertz CT molecular complexity index is 398. The summed E-state index contributed by atoms with van der Waals surface area (Å²) in [6, 6.07) is 0. The van der Waals surface area contributed by atoms with Gasteiger partial charge in [-0.2, -0.15) is 5.06 Å². The summed E-state index contributed by atoms with van der Waals surface area (Å²) in [5, 5.41) is 11.9. The van der Waals surface area contributed by atoms with E-state index in [4.69, 9.17) is 9.47 Å². The van der Waals surface area contributed by atoms with Gasteiger partial charge >= 0.3 is 5.97 Å². The predicted octanol–water partition coefficient (Wildman–Crippen LogP) is 3.39. The number of rotatable bonds is 4. The number of nitrogens with zero attached hydrogens (tertiary/aromatic N) is 1. The molecule has 0 radical (unpaired) electrons. The molecular weight excluding hydrogens is 282 g/mol. The Kier molecular flexibility index (Phi) is 5.69. The van der Waals surface area contributed by atoms with Crippen molar-refractivity contribution in [3.05, 3.63) is 0 Å². The summed E-state index contributed by atoms with van der Waals surface area (Å²) in [4.78, 5) is 12.2. The first-order valence-electron chi connectivity index (χ1n) is 8.11. The third-order valence-corrected chi connectivity index (χ3v) is 4.16. The minimum atomic E-state index is -0.634. The van der Waals surface area contributed by atoms with Crippen LogP contribution in [0.4, 0.5) is 0 Å². The average molecular weight is 315 g/mol. The second-order valence-electron chi connectivity index (χ2n) is 8.62. The van der Waals surface area contributed by atoms with E-state index < -0.39 is 11.1 Å². The van der Waals surface area contributed by atoms with Crippen molar-refractivity contribution >= 4 is 5.97 Å². The maximum atomic E-state index is 12.2. The van der Waals surface area contributed by atoms with E-state index in [1.54, 1.807) is 0 Å². The molecule has 1 aliphatic heterocycles. The van der Waals surface area contributed by atoms with Crippen molar-refractivity contribution < 1.29 is 19.5 Å². The molecule has 2 unspecified atom stereocenters. The molecule has 0 aromatic carbocycles. The van der Waals surface area contributed by atoms with Gasteiger partial charge in [-0.1, -0.05) is 20.8 Å². The van der Waals surface area contributed by atoms with Crippen LogP contribution in [0, 0.1) is 5.41 Å². The van der Waals surface area contributed by atoms with Gasteiger partial charge in [0.05, 0.1) is 12.0 Å². The molecule has 1 aliphatic rings. The molecule has 0 aromatic heterocycles. The van der Waals surface area contributed by atoms with E-state index >= 15 is 0 Å². The minimum absolute atomic E-state index is 0.110. The fraction of sp³-hybridized carbons (Fsp3) is 0.941. The summed E-state index contributed by atoms with van der Waals surface area (Å²) in [6.07, 6.45) is 0.183. The zero-order chi connectivity index (χ0) is 17.3. The van der Waals surface area contributed by atoms with E-state index in [1.165, 1.54) is 5.06 Å². The largest absolute Gasteiger partial charge is 0.459 e. The Balaban J connectivity index is 2.96. The first kappa shape index (κ1) is 19.4. The quantitative estimate of drug-likeness (QED) is 0.806. The molecule has 0 bridgehead atoms. The van der Waals surface area contributed by atoms with Crippen LogP contribution in [0.2, 0.25) is 0 Å². The van der Waals surface area contributed by atoms with Crippen molar-refractivity contribution in [2.45, 2.75) is 91.5 Å². The van der Waals surface area contributed by atoms with Crippen LogP contribution in [0.1, 0.15) is 68.2 Å². The van der Waals surface area contributed by atoms with Gasteiger partial charge in [-0.05, 0) is 40.0 Å². The third kappa shape index (κ3) is 4.43. The summed E-state index contributed by atoms with van der Waals surface area (Å²) in [6.45, 7) is 16.2.